The minimum atomic E-state index is -0.430. The Morgan fingerprint density at radius 3 is 2.60 bits per heavy atom. The number of halogens is 1. The summed E-state index contributed by atoms with van der Waals surface area (Å²) in [4.78, 5) is 11.9. The van der Waals surface area contributed by atoms with Crippen LogP contribution in [0, 0.1) is 5.82 Å². The molecule has 0 aliphatic heterocycles. The van der Waals surface area contributed by atoms with Gasteiger partial charge in [0.2, 0.25) is 0 Å². The molecule has 0 atom stereocenters. The van der Waals surface area contributed by atoms with Crippen molar-refractivity contribution in [3.05, 3.63) is 52.6 Å². The van der Waals surface area contributed by atoms with Crippen molar-refractivity contribution >= 4 is 5.97 Å². The smallest absolute Gasteiger partial charge is 0.359 e. The van der Waals surface area contributed by atoms with Gasteiger partial charge in [0, 0.05) is 17.7 Å². The second kappa shape index (κ2) is 6.32. The summed E-state index contributed by atoms with van der Waals surface area (Å²) >= 11 is 0. The van der Waals surface area contributed by atoms with Crippen LogP contribution in [-0.4, -0.2) is 22.8 Å². The van der Waals surface area contributed by atoms with Crippen LogP contribution in [0.25, 0.3) is 0 Å². The van der Waals surface area contributed by atoms with Gasteiger partial charge in [0.05, 0.1) is 6.61 Å². The van der Waals surface area contributed by atoms with Crippen molar-refractivity contribution < 1.29 is 13.9 Å². The second-order valence-electron chi connectivity index (χ2n) is 4.41. The largest absolute Gasteiger partial charge is 0.461 e. The minimum Gasteiger partial charge on any atom is -0.461 e. The molecule has 1 N–H and O–H groups in total. The predicted octanol–water partition coefficient (Wildman–Crippen LogP) is 2.88. The first-order valence-corrected chi connectivity index (χ1v) is 6.63. The lowest BCUT2D eigenvalue weighted by Gasteiger charge is -2.05. The quantitative estimate of drug-likeness (QED) is 0.854. The minimum absolute atomic E-state index is 0.276. The third kappa shape index (κ3) is 3.04. The van der Waals surface area contributed by atoms with E-state index in [1.807, 2.05) is 6.92 Å². The highest BCUT2D eigenvalue weighted by molar-refractivity contribution is 5.89. The number of benzene rings is 1. The number of ether oxygens (including phenoxy) is 1. The summed E-state index contributed by atoms with van der Waals surface area (Å²) < 4.78 is 17.9. The molecule has 2 rings (SSSR count). The average molecular weight is 276 g/mol. The number of nitrogens with one attached hydrogen (secondary N) is 1. The maximum absolute atomic E-state index is 12.9. The first-order chi connectivity index (χ1) is 9.65. The molecule has 0 saturated carbocycles. The monoisotopic (exact) mass is 276 g/mol. The molecule has 1 heterocycles. The van der Waals surface area contributed by atoms with Crippen LogP contribution in [0.4, 0.5) is 4.39 Å². The van der Waals surface area contributed by atoms with E-state index in [0.29, 0.717) is 18.7 Å². The second-order valence-corrected chi connectivity index (χ2v) is 4.41. The molecule has 0 bridgehead atoms. The highest BCUT2D eigenvalue weighted by Gasteiger charge is 2.19. The van der Waals surface area contributed by atoms with Gasteiger partial charge in [0.1, 0.15) is 5.82 Å². The Kier molecular flexibility index (Phi) is 4.50. The molecular formula is C15H17FN2O2. The summed E-state index contributed by atoms with van der Waals surface area (Å²) in [7, 11) is 0. The van der Waals surface area contributed by atoms with Gasteiger partial charge in [0.15, 0.2) is 5.69 Å². The van der Waals surface area contributed by atoms with E-state index in [2.05, 4.69) is 10.2 Å². The zero-order valence-corrected chi connectivity index (χ0v) is 11.6. The van der Waals surface area contributed by atoms with Gasteiger partial charge in [-0.2, -0.15) is 5.10 Å². The number of aryl methyl sites for hydroxylation is 1. The molecule has 20 heavy (non-hydrogen) atoms. The van der Waals surface area contributed by atoms with Gasteiger partial charge in [-0.25, -0.2) is 9.18 Å². The number of H-pyrrole nitrogens is 1. The number of hydrogen-bond acceptors (Lipinski definition) is 3. The summed E-state index contributed by atoms with van der Waals surface area (Å²) in [6.07, 6.45) is 1.26. The van der Waals surface area contributed by atoms with Crippen LogP contribution in [-0.2, 0) is 17.6 Å². The topological polar surface area (TPSA) is 55.0 Å². The van der Waals surface area contributed by atoms with Crippen LogP contribution >= 0.6 is 0 Å². The maximum Gasteiger partial charge on any atom is 0.359 e. The standard InChI is InChI=1S/C15H17FN2O2/c1-3-13-12(9-10-5-7-11(16)8-6-10)14(18-17-13)15(19)20-4-2/h5-8H,3-4,9H2,1-2H3,(H,17,18). The number of rotatable bonds is 5. The lowest BCUT2D eigenvalue weighted by molar-refractivity contribution is 0.0518. The summed E-state index contributed by atoms with van der Waals surface area (Å²) in [5.41, 5.74) is 2.95. The SMILES string of the molecule is CCOC(=O)c1n[nH]c(CC)c1Cc1ccc(F)cc1. The Bertz CT molecular complexity index is 590. The van der Waals surface area contributed by atoms with E-state index in [0.717, 1.165) is 23.2 Å². The van der Waals surface area contributed by atoms with Gasteiger partial charge < -0.3 is 4.74 Å². The van der Waals surface area contributed by atoms with Gasteiger partial charge in [0.25, 0.3) is 0 Å². The van der Waals surface area contributed by atoms with Crippen molar-refractivity contribution in [2.75, 3.05) is 6.61 Å². The fraction of sp³-hybridized carbons (Fsp3) is 0.333. The van der Waals surface area contributed by atoms with Crippen LogP contribution < -0.4 is 0 Å². The van der Waals surface area contributed by atoms with Crippen molar-refractivity contribution in [2.24, 2.45) is 0 Å². The number of carbonyl (C=O) groups is 1. The number of hydrogen-bond donors (Lipinski definition) is 1. The fourth-order valence-electron chi connectivity index (χ4n) is 2.06. The van der Waals surface area contributed by atoms with Gasteiger partial charge in [-0.1, -0.05) is 19.1 Å². The molecule has 0 aliphatic carbocycles. The van der Waals surface area contributed by atoms with Gasteiger partial charge >= 0.3 is 5.97 Å². The van der Waals surface area contributed by atoms with E-state index in [1.54, 1.807) is 19.1 Å². The van der Waals surface area contributed by atoms with Gasteiger partial charge in [-0.05, 0) is 31.0 Å². The Morgan fingerprint density at radius 2 is 2.00 bits per heavy atom. The highest BCUT2D eigenvalue weighted by Crippen LogP contribution is 2.18. The summed E-state index contributed by atoms with van der Waals surface area (Å²) in [5.74, 6) is -0.706. The Balaban J connectivity index is 2.31. The van der Waals surface area contributed by atoms with Crippen LogP contribution in [0.3, 0.4) is 0 Å². The molecule has 1 aromatic heterocycles. The van der Waals surface area contributed by atoms with Crippen LogP contribution in [0.1, 0.15) is 41.2 Å². The maximum atomic E-state index is 12.9. The summed E-state index contributed by atoms with van der Waals surface area (Å²) in [6, 6.07) is 6.23. The third-order valence-electron chi connectivity index (χ3n) is 3.07. The number of nitrogens with zero attached hydrogens (tertiary/aromatic N) is 1. The van der Waals surface area contributed by atoms with Gasteiger partial charge in [-0.15, -0.1) is 0 Å². The number of aromatic nitrogens is 2. The Labute approximate surface area is 117 Å². The molecular weight excluding hydrogens is 259 g/mol. The number of esters is 1. The number of aromatic amines is 1. The van der Waals surface area contributed by atoms with Crippen molar-refractivity contribution in [1.82, 2.24) is 10.2 Å². The summed E-state index contributed by atoms with van der Waals surface area (Å²) in [6.45, 7) is 4.05. The molecule has 5 heteroatoms. The molecule has 4 nitrogen and oxygen atoms in total. The van der Waals surface area contributed by atoms with Crippen molar-refractivity contribution in [3.63, 3.8) is 0 Å². The van der Waals surface area contributed by atoms with E-state index in [4.69, 9.17) is 4.74 Å². The summed E-state index contributed by atoms with van der Waals surface area (Å²) in [5, 5.41) is 6.92. The molecule has 0 aliphatic rings. The van der Waals surface area contributed by atoms with Crippen LogP contribution in [0.2, 0.25) is 0 Å². The van der Waals surface area contributed by atoms with E-state index in [9.17, 15) is 9.18 Å². The highest BCUT2D eigenvalue weighted by atomic mass is 19.1. The predicted molar refractivity (Wildman–Crippen MR) is 73.1 cm³/mol. The molecule has 0 spiro atoms. The van der Waals surface area contributed by atoms with E-state index in [1.165, 1.54) is 12.1 Å². The molecule has 1 aromatic carbocycles. The molecule has 2 aromatic rings. The molecule has 0 fully saturated rings. The zero-order valence-electron chi connectivity index (χ0n) is 11.6. The van der Waals surface area contributed by atoms with E-state index >= 15 is 0 Å². The lowest BCUT2D eigenvalue weighted by atomic mass is 10.0. The molecule has 0 amide bonds. The van der Waals surface area contributed by atoms with Crippen molar-refractivity contribution in [2.45, 2.75) is 26.7 Å². The molecule has 106 valence electrons. The fourth-order valence-corrected chi connectivity index (χ4v) is 2.06. The average Bonchev–Trinajstić information content (AvgIpc) is 2.84. The van der Waals surface area contributed by atoms with Crippen molar-refractivity contribution in [1.29, 1.82) is 0 Å². The first kappa shape index (κ1) is 14.2. The number of carbonyl (C=O) groups excluding carboxylic acids is 1. The van der Waals surface area contributed by atoms with Crippen LogP contribution in [0.15, 0.2) is 24.3 Å². The van der Waals surface area contributed by atoms with Crippen LogP contribution in [0.5, 0.6) is 0 Å². The van der Waals surface area contributed by atoms with Gasteiger partial charge in [-0.3, -0.25) is 5.10 Å². The normalized spacial score (nSPS) is 10.6. The first-order valence-electron chi connectivity index (χ1n) is 6.63. The van der Waals surface area contributed by atoms with E-state index in [-0.39, 0.29) is 5.82 Å². The third-order valence-corrected chi connectivity index (χ3v) is 3.07. The molecule has 0 saturated heterocycles. The molecule has 0 radical (unpaired) electrons. The van der Waals surface area contributed by atoms with E-state index < -0.39 is 5.97 Å². The molecule has 0 unspecified atom stereocenters. The Morgan fingerprint density at radius 1 is 1.30 bits per heavy atom. The van der Waals surface area contributed by atoms with Crippen molar-refractivity contribution in [3.8, 4) is 0 Å². The lowest BCUT2D eigenvalue weighted by Crippen LogP contribution is -2.09. The zero-order chi connectivity index (χ0) is 14.5. The Hall–Kier alpha value is -2.17.